The highest BCUT2D eigenvalue weighted by Crippen LogP contribution is 2.34. The molecule has 22 heavy (non-hydrogen) atoms. The minimum Gasteiger partial charge on any atom is -0.392 e. The van der Waals surface area contributed by atoms with Gasteiger partial charge in [-0.2, -0.15) is 18.7 Å². The molecule has 2 rings (SSSR count). The van der Waals surface area contributed by atoms with E-state index in [2.05, 4.69) is 15.8 Å². The van der Waals surface area contributed by atoms with E-state index in [0.717, 1.165) is 0 Å². The Hall–Kier alpha value is -1.17. The fourth-order valence-electron chi connectivity index (χ4n) is 1.84. The van der Waals surface area contributed by atoms with Crippen molar-refractivity contribution in [3.63, 3.8) is 0 Å². The SMILES string of the molecule is C[C@@H](O)[C@@H]1NO[C@@](O)(Nc2ncc(C(F)(F)F)cc2Cl)[C@H]1O. The quantitative estimate of drug-likeness (QED) is 0.507. The van der Waals surface area contributed by atoms with Crippen molar-refractivity contribution in [1.82, 2.24) is 10.5 Å². The molecule has 0 amide bonds. The summed E-state index contributed by atoms with van der Waals surface area (Å²) in [4.78, 5) is 8.20. The van der Waals surface area contributed by atoms with E-state index in [-0.39, 0.29) is 5.82 Å². The molecule has 0 aromatic carbocycles. The summed E-state index contributed by atoms with van der Waals surface area (Å²) < 4.78 is 37.5. The Morgan fingerprint density at radius 1 is 1.55 bits per heavy atom. The maximum absolute atomic E-state index is 12.5. The number of hydroxylamine groups is 1. The highest BCUT2D eigenvalue weighted by atomic mass is 35.5. The number of aliphatic hydroxyl groups is 3. The van der Waals surface area contributed by atoms with Crippen LogP contribution in [0.1, 0.15) is 12.5 Å². The van der Waals surface area contributed by atoms with Crippen molar-refractivity contribution < 1.29 is 33.3 Å². The zero-order valence-corrected chi connectivity index (χ0v) is 11.9. The van der Waals surface area contributed by atoms with Crippen LogP contribution in [0, 0.1) is 0 Å². The zero-order chi connectivity index (χ0) is 16.7. The molecule has 0 unspecified atom stereocenters. The lowest BCUT2D eigenvalue weighted by atomic mass is 10.1. The summed E-state index contributed by atoms with van der Waals surface area (Å²) in [5.41, 5.74) is 1.14. The van der Waals surface area contributed by atoms with Crippen molar-refractivity contribution in [3.05, 3.63) is 22.8 Å². The van der Waals surface area contributed by atoms with Crippen molar-refractivity contribution in [3.8, 4) is 0 Å². The maximum atomic E-state index is 12.5. The molecular formula is C11H13ClF3N3O4. The van der Waals surface area contributed by atoms with Gasteiger partial charge in [0.1, 0.15) is 11.9 Å². The molecule has 0 saturated carbocycles. The molecule has 0 aliphatic carbocycles. The highest BCUT2D eigenvalue weighted by molar-refractivity contribution is 6.33. The number of hydrogen-bond acceptors (Lipinski definition) is 7. The van der Waals surface area contributed by atoms with E-state index in [1.165, 1.54) is 6.92 Å². The normalized spacial score (nSPS) is 30.4. The highest BCUT2D eigenvalue weighted by Gasteiger charge is 2.51. The molecule has 0 bridgehead atoms. The van der Waals surface area contributed by atoms with E-state index in [4.69, 9.17) is 16.4 Å². The lowest BCUT2D eigenvalue weighted by Gasteiger charge is -2.27. The molecule has 7 nitrogen and oxygen atoms in total. The molecule has 5 N–H and O–H groups in total. The third-order valence-electron chi connectivity index (χ3n) is 3.08. The summed E-state index contributed by atoms with van der Waals surface area (Å²) in [7, 11) is 0. The first-order valence-electron chi connectivity index (χ1n) is 6.07. The molecular weight excluding hydrogens is 331 g/mol. The number of hydrogen-bond donors (Lipinski definition) is 5. The summed E-state index contributed by atoms with van der Waals surface area (Å²) >= 11 is 5.68. The van der Waals surface area contributed by atoms with Crippen LogP contribution in [0.3, 0.4) is 0 Å². The van der Waals surface area contributed by atoms with E-state index >= 15 is 0 Å². The van der Waals surface area contributed by atoms with Gasteiger partial charge in [0, 0.05) is 6.20 Å². The van der Waals surface area contributed by atoms with Crippen molar-refractivity contribution in [2.24, 2.45) is 0 Å². The van der Waals surface area contributed by atoms with E-state index in [1.54, 1.807) is 0 Å². The van der Waals surface area contributed by atoms with Crippen molar-refractivity contribution in [1.29, 1.82) is 0 Å². The molecule has 1 saturated heterocycles. The molecule has 0 radical (unpaired) electrons. The van der Waals surface area contributed by atoms with Gasteiger partial charge in [0.05, 0.1) is 22.7 Å². The second-order valence-electron chi connectivity index (χ2n) is 4.80. The Labute approximate surface area is 127 Å². The first-order valence-corrected chi connectivity index (χ1v) is 6.45. The Kier molecular flexibility index (Phi) is 4.53. The predicted octanol–water partition coefficient (Wildman–Crippen LogP) is 0.457. The van der Waals surface area contributed by atoms with Crippen LogP contribution < -0.4 is 10.8 Å². The Bertz CT molecular complexity index is 560. The van der Waals surface area contributed by atoms with Gasteiger partial charge in [0.2, 0.25) is 0 Å². The number of nitrogens with one attached hydrogen (secondary N) is 2. The smallest absolute Gasteiger partial charge is 0.392 e. The van der Waals surface area contributed by atoms with Gasteiger partial charge in [-0.15, -0.1) is 0 Å². The molecule has 11 heteroatoms. The van der Waals surface area contributed by atoms with Crippen LogP contribution in [-0.4, -0.2) is 44.5 Å². The van der Waals surface area contributed by atoms with Crippen LogP contribution in [0.2, 0.25) is 5.02 Å². The molecule has 2 heterocycles. The third-order valence-corrected chi connectivity index (χ3v) is 3.37. The van der Waals surface area contributed by atoms with Gasteiger partial charge in [-0.3, -0.25) is 0 Å². The topological polar surface area (TPSA) is 107 Å². The van der Waals surface area contributed by atoms with Crippen LogP contribution in [0.4, 0.5) is 19.0 Å². The Morgan fingerprint density at radius 2 is 2.18 bits per heavy atom. The number of aromatic nitrogens is 1. The molecule has 1 aromatic rings. The molecule has 1 aliphatic rings. The van der Waals surface area contributed by atoms with Gasteiger partial charge < -0.3 is 20.6 Å². The summed E-state index contributed by atoms with van der Waals surface area (Å²) in [6, 6.07) is -0.410. The van der Waals surface area contributed by atoms with Crippen LogP contribution >= 0.6 is 11.6 Å². The number of anilines is 1. The van der Waals surface area contributed by atoms with Gasteiger partial charge in [0.15, 0.2) is 0 Å². The number of alkyl halides is 3. The van der Waals surface area contributed by atoms with Crippen molar-refractivity contribution >= 4 is 17.4 Å². The zero-order valence-electron chi connectivity index (χ0n) is 11.1. The van der Waals surface area contributed by atoms with Gasteiger partial charge in [-0.05, 0) is 13.0 Å². The lowest BCUT2D eigenvalue weighted by Crippen LogP contribution is -2.51. The Balaban J connectivity index is 2.21. The largest absolute Gasteiger partial charge is 0.417 e. The van der Waals surface area contributed by atoms with Crippen LogP contribution in [0.5, 0.6) is 0 Å². The number of pyridine rings is 1. The predicted molar refractivity (Wildman–Crippen MR) is 68.5 cm³/mol. The average molecular weight is 344 g/mol. The number of nitrogens with zero attached hydrogens (tertiary/aromatic N) is 1. The van der Waals surface area contributed by atoms with E-state index in [0.29, 0.717) is 12.3 Å². The monoisotopic (exact) mass is 343 g/mol. The van der Waals surface area contributed by atoms with Crippen molar-refractivity contribution in [2.75, 3.05) is 5.32 Å². The standard InChI is InChI=1S/C11H13ClF3N3O4/c1-4(19)7-8(20)11(21,22-18-7)17-9-6(12)2-5(3-16-9)10(13,14)15/h2-4,7-8,18-21H,1H3,(H,16,17)/t4-,7+,8+,11-/m1/s1. The van der Waals surface area contributed by atoms with Crippen molar-refractivity contribution in [2.45, 2.75) is 37.3 Å². The van der Waals surface area contributed by atoms with Gasteiger partial charge in [0.25, 0.3) is 5.91 Å². The maximum Gasteiger partial charge on any atom is 0.417 e. The van der Waals surface area contributed by atoms with Gasteiger partial charge >= 0.3 is 6.18 Å². The molecule has 0 spiro atoms. The summed E-state index contributed by atoms with van der Waals surface area (Å²) in [6.45, 7) is 1.35. The molecule has 4 atom stereocenters. The molecule has 1 aliphatic heterocycles. The average Bonchev–Trinajstić information content (AvgIpc) is 2.67. The van der Waals surface area contributed by atoms with Crippen LogP contribution in [0.25, 0.3) is 0 Å². The molecule has 1 fully saturated rings. The summed E-state index contributed by atoms with van der Waals surface area (Å²) in [5.74, 6) is -2.75. The second kappa shape index (κ2) is 5.80. The van der Waals surface area contributed by atoms with E-state index < -0.39 is 40.9 Å². The van der Waals surface area contributed by atoms with Crippen LogP contribution in [0.15, 0.2) is 12.3 Å². The molecule has 1 aromatic heterocycles. The Morgan fingerprint density at radius 3 is 2.64 bits per heavy atom. The fraction of sp³-hybridized carbons (Fsp3) is 0.545. The molecule has 124 valence electrons. The van der Waals surface area contributed by atoms with Crippen LogP contribution in [-0.2, 0) is 11.0 Å². The minimum atomic E-state index is -4.62. The third kappa shape index (κ3) is 3.26. The fourth-order valence-corrected chi connectivity index (χ4v) is 2.06. The minimum absolute atomic E-state index is 0.329. The first-order chi connectivity index (χ1) is 10.0. The van der Waals surface area contributed by atoms with Gasteiger partial charge in [-0.25, -0.2) is 9.82 Å². The first kappa shape index (κ1) is 17.2. The second-order valence-corrected chi connectivity index (χ2v) is 5.21. The number of aliphatic hydroxyl groups excluding tert-OH is 2. The number of halogens is 4. The summed E-state index contributed by atoms with van der Waals surface area (Å²) in [5, 5.41) is 31.2. The summed E-state index contributed by atoms with van der Waals surface area (Å²) in [6.07, 6.45) is -6.80. The van der Waals surface area contributed by atoms with Gasteiger partial charge in [-0.1, -0.05) is 11.6 Å². The number of rotatable bonds is 3. The lowest BCUT2D eigenvalue weighted by molar-refractivity contribution is -0.213. The van der Waals surface area contributed by atoms with E-state index in [1.807, 2.05) is 0 Å². The van der Waals surface area contributed by atoms with E-state index in [9.17, 15) is 28.5 Å².